The van der Waals surface area contributed by atoms with Gasteiger partial charge in [-0.2, -0.15) is 5.10 Å². The average molecular weight is 304 g/mol. The Morgan fingerprint density at radius 2 is 2.00 bits per heavy atom. The number of rotatable bonds is 9. The highest BCUT2D eigenvalue weighted by molar-refractivity contribution is 7.89. The predicted molar refractivity (Wildman–Crippen MR) is 76.8 cm³/mol. The summed E-state index contributed by atoms with van der Waals surface area (Å²) in [6.07, 6.45) is 0.742. The van der Waals surface area contributed by atoms with E-state index in [0.29, 0.717) is 12.2 Å². The van der Waals surface area contributed by atoms with Crippen LogP contribution in [0.1, 0.15) is 31.7 Å². The van der Waals surface area contributed by atoms with Crippen molar-refractivity contribution in [1.82, 2.24) is 19.8 Å². The molecular weight excluding hydrogens is 280 g/mol. The fraction of sp³-hybridized carbons (Fsp3) is 0.750. The van der Waals surface area contributed by atoms with E-state index in [1.54, 1.807) is 6.92 Å². The number of H-pyrrole nitrogens is 1. The highest BCUT2D eigenvalue weighted by atomic mass is 32.2. The van der Waals surface area contributed by atoms with E-state index in [2.05, 4.69) is 33.7 Å². The van der Waals surface area contributed by atoms with Crippen LogP contribution >= 0.6 is 0 Å². The van der Waals surface area contributed by atoms with E-state index in [4.69, 9.17) is 5.11 Å². The first-order valence-corrected chi connectivity index (χ1v) is 8.31. The lowest BCUT2D eigenvalue weighted by Crippen LogP contribution is -2.30. The van der Waals surface area contributed by atoms with Gasteiger partial charge in [0.25, 0.3) is 0 Å². The number of aliphatic hydroxyl groups is 1. The zero-order valence-electron chi connectivity index (χ0n) is 12.3. The van der Waals surface area contributed by atoms with Crippen molar-refractivity contribution in [3.63, 3.8) is 0 Å². The largest absolute Gasteiger partial charge is 0.390 e. The summed E-state index contributed by atoms with van der Waals surface area (Å²) in [6, 6.07) is 0. The highest BCUT2D eigenvalue weighted by Crippen LogP contribution is 2.17. The Labute approximate surface area is 120 Å². The fourth-order valence-electron chi connectivity index (χ4n) is 2.05. The molecule has 0 saturated carbocycles. The molecule has 0 atom stereocenters. The van der Waals surface area contributed by atoms with Crippen LogP contribution in [0.15, 0.2) is 4.90 Å². The molecular formula is C12H24N4O3S. The number of aromatic nitrogens is 2. The van der Waals surface area contributed by atoms with Gasteiger partial charge in [0.1, 0.15) is 10.6 Å². The number of aromatic amines is 1. The molecule has 20 heavy (non-hydrogen) atoms. The monoisotopic (exact) mass is 304 g/mol. The van der Waals surface area contributed by atoms with Gasteiger partial charge in [-0.1, -0.05) is 13.8 Å². The number of sulfonamides is 1. The third kappa shape index (κ3) is 4.27. The van der Waals surface area contributed by atoms with Gasteiger partial charge in [-0.25, -0.2) is 13.1 Å². The summed E-state index contributed by atoms with van der Waals surface area (Å²) in [5.41, 5.74) is 0.587. The van der Waals surface area contributed by atoms with Crippen molar-refractivity contribution in [2.75, 3.05) is 26.2 Å². The molecule has 0 radical (unpaired) electrons. The van der Waals surface area contributed by atoms with Crippen molar-refractivity contribution in [3.8, 4) is 0 Å². The maximum Gasteiger partial charge on any atom is 0.244 e. The molecule has 0 fully saturated rings. The predicted octanol–water partition coefficient (Wildman–Crippen LogP) is 0.221. The third-order valence-electron chi connectivity index (χ3n) is 3.22. The normalized spacial score (nSPS) is 12.2. The van der Waals surface area contributed by atoms with Gasteiger partial charge in [-0.15, -0.1) is 0 Å². The van der Waals surface area contributed by atoms with Crippen LogP contribution < -0.4 is 4.72 Å². The van der Waals surface area contributed by atoms with Gasteiger partial charge >= 0.3 is 0 Å². The van der Waals surface area contributed by atoms with Crippen molar-refractivity contribution >= 4 is 10.0 Å². The van der Waals surface area contributed by atoms with Crippen molar-refractivity contribution < 1.29 is 13.5 Å². The molecule has 0 amide bonds. The molecule has 0 aliphatic heterocycles. The minimum Gasteiger partial charge on any atom is -0.390 e. The SMILES string of the molecule is CCN(CC)CCCNS(=O)(=O)c1c(CO)n[nH]c1C. The lowest BCUT2D eigenvalue weighted by Gasteiger charge is -2.17. The summed E-state index contributed by atoms with van der Waals surface area (Å²) in [4.78, 5) is 2.29. The van der Waals surface area contributed by atoms with E-state index in [0.717, 1.165) is 26.1 Å². The maximum absolute atomic E-state index is 12.2. The molecule has 1 aromatic rings. The molecule has 8 heteroatoms. The van der Waals surface area contributed by atoms with Gasteiger partial charge in [0.15, 0.2) is 0 Å². The Hall–Kier alpha value is -0.960. The van der Waals surface area contributed by atoms with Crippen molar-refractivity contribution in [3.05, 3.63) is 11.4 Å². The Balaban J connectivity index is 2.60. The highest BCUT2D eigenvalue weighted by Gasteiger charge is 2.23. The molecule has 0 unspecified atom stereocenters. The first kappa shape index (κ1) is 17.1. The summed E-state index contributed by atoms with van der Waals surface area (Å²) < 4.78 is 26.9. The van der Waals surface area contributed by atoms with E-state index >= 15 is 0 Å². The fourth-order valence-corrected chi connectivity index (χ4v) is 3.48. The molecule has 0 aliphatic rings. The summed E-state index contributed by atoms with van der Waals surface area (Å²) in [7, 11) is -3.62. The van der Waals surface area contributed by atoms with Crippen LogP contribution in [0.3, 0.4) is 0 Å². The van der Waals surface area contributed by atoms with Crippen LogP contribution in [0.4, 0.5) is 0 Å². The maximum atomic E-state index is 12.2. The first-order valence-electron chi connectivity index (χ1n) is 6.83. The molecule has 0 saturated heterocycles. The standard InChI is InChI=1S/C12H24N4O3S/c1-4-16(5-2)8-6-7-13-20(18,19)12-10(3)14-15-11(12)9-17/h13,17H,4-9H2,1-3H3,(H,14,15). The van der Waals surface area contributed by atoms with Crippen molar-refractivity contribution in [2.45, 2.75) is 38.7 Å². The molecule has 116 valence electrons. The summed E-state index contributed by atoms with van der Waals surface area (Å²) in [5.74, 6) is 0. The Morgan fingerprint density at radius 3 is 2.55 bits per heavy atom. The molecule has 3 N–H and O–H groups in total. The molecule has 1 heterocycles. The number of hydrogen-bond donors (Lipinski definition) is 3. The van der Waals surface area contributed by atoms with Crippen molar-refractivity contribution in [2.24, 2.45) is 0 Å². The van der Waals surface area contributed by atoms with E-state index in [9.17, 15) is 8.42 Å². The van der Waals surface area contributed by atoms with Gasteiger partial charge < -0.3 is 10.0 Å². The summed E-state index contributed by atoms with van der Waals surface area (Å²) >= 11 is 0. The number of aliphatic hydroxyl groups excluding tert-OH is 1. The van der Waals surface area contributed by atoms with Crippen LogP contribution in [0.2, 0.25) is 0 Å². The third-order valence-corrected chi connectivity index (χ3v) is 4.88. The van der Waals surface area contributed by atoms with E-state index in [1.807, 2.05) is 0 Å². The number of nitrogens with zero attached hydrogens (tertiary/aromatic N) is 2. The lowest BCUT2D eigenvalue weighted by molar-refractivity contribution is 0.273. The van der Waals surface area contributed by atoms with Gasteiger partial charge in [-0.05, 0) is 33.0 Å². The van der Waals surface area contributed by atoms with E-state index in [1.165, 1.54) is 0 Å². The second kappa shape index (κ2) is 7.72. The topological polar surface area (TPSA) is 98.3 Å². The van der Waals surface area contributed by atoms with Gasteiger partial charge in [0, 0.05) is 6.54 Å². The average Bonchev–Trinajstić information content (AvgIpc) is 2.81. The van der Waals surface area contributed by atoms with Crippen LogP contribution in [0.5, 0.6) is 0 Å². The zero-order chi connectivity index (χ0) is 15.2. The molecule has 7 nitrogen and oxygen atoms in total. The molecule has 0 spiro atoms. The summed E-state index contributed by atoms with van der Waals surface area (Å²) in [5, 5.41) is 15.5. The molecule has 0 aromatic carbocycles. The Bertz CT molecular complexity index is 509. The van der Waals surface area contributed by atoms with Crippen LogP contribution in [0, 0.1) is 6.92 Å². The van der Waals surface area contributed by atoms with Crippen molar-refractivity contribution in [1.29, 1.82) is 0 Å². The Morgan fingerprint density at radius 1 is 1.35 bits per heavy atom. The van der Waals surface area contributed by atoms with Gasteiger partial charge in [0.05, 0.1) is 12.3 Å². The zero-order valence-corrected chi connectivity index (χ0v) is 13.1. The second-order valence-corrected chi connectivity index (χ2v) is 6.26. The van der Waals surface area contributed by atoms with E-state index < -0.39 is 16.6 Å². The molecule has 1 aromatic heterocycles. The first-order chi connectivity index (χ1) is 9.46. The van der Waals surface area contributed by atoms with Gasteiger partial charge in [0.2, 0.25) is 10.0 Å². The minimum atomic E-state index is -3.62. The summed E-state index contributed by atoms with van der Waals surface area (Å²) in [6.45, 7) is 8.52. The van der Waals surface area contributed by atoms with E-state index in [-0.39, 0.29) is 10.6 Å². The Kier molecular flexibility index (Phi) is 6.60. The second-order valence-electron chi connectivity index (χ2n) is 4.56. The van der Waals surface area contributed by atoms with Crippen LogP contribution in [0.25, 0.3) is 0 Å². The lowest BCUT2D eigenvalue weighted by atomic mass is 10.4. The minimum absolute atomic E-state index is 0.0582. The number of aryl methyl sites for hydroxylation is 1. The smallest absolute Gasteiger partial charge is 0.244 e. The number of nitrogens with one attached hydrogen (secondary N) is 2. The quantitative estimate of drug-likeness (QED) is 0.567. The molecule has 0 bridgehead atoms. The number of hydrogen-bond acceptors (Lipinski definition) is 5. The van der Waals surface area contributed by atoms with Crippen LogP contribution in [-0.4, -0.2) is 54.8 Å². The molecule has 1 rings (SSSR count). The molecule has 0 aliphatic carbocycles. The van der Waals surface area contributed by atoms with Gasteiger partial charge in [-0.3, -0.25) is 5.10 Å². The van der Waals surface area contributed by atoms with Crippen LogP contribution in [-0.2, 0) is 16.6 Å².